The molecular formula is C19H21BrO3. The normalized spacial score (nSPS) is 12.7. The van der Waals surface area contributed by atoms with E-state index in [-0.39, 0.29) is 5.41 Å². The SMILES string of the molecule is CC(C)(C)c1ccccc1O[C@H](Cc1ccc(Br)cc1)C(=O)O. The molecule has 2 aromatic carbocycles. The van der Waals surface area contributed by atoms with Crippen LogP contribution in [-0.4, -0.2) is 17.2 Å². The summed E-state index contributed by atoms with van der Waals surface area (Å²) in [7, 11) is 0. The Balaban J connectivity index is 2.24. The van der Waals surface area contributed by atoms with Crippen molar-refractivity contribution in [3.8, 4) is 5.75 Å². The summed E-state index contributed by atoms with van der Waals surface area (Å²) in [5.41, 5.74) is 1.81. The third kappa shape index (κ3) is 4.83. The number of hydrogen-bond acceptors (Lipinski definition) is 2. The van der Waals surface area contributed by atoms with Gasteiger partial charge < -0.3 is 9.84 Å². The molecule has 2 aromatic rings. The molecule has 0 saturated carbocycles. The molecule has 0 bridgehead atoms. The van der Waals surface area contributed by atoms with E-state index in [9.17, 15) is 9.90 Å². The van der Waals surface area contributed by atoms with E-state index in [2.05, 4.69) is 36.7 Å². The van der Waals surface area contributed by atoms with Gasteiger partial charge in [0.2, 0.25) is 0 Å². The molecule has 23 heavy (non-hydrogen) atoms. The van der Waals surface area contributed by atoms with Gasteiger partial charge in [-0.25, -0.2) is 4.79 Å². The van der Waals surface area contributed by atoms with Gasteiger partial charge in [-0.2, -0.15) is 0 Å². The quantitative estimate of drug-likeness (QED) is 0.813. The number of carbonyl (C=O) groups is 1. The fraction of sp³-hybridized carbons (Fsp3) is 0.316. The van der Waals surface area contributed by atoms with Crippen LogP contribution < -0.4 is 4.74 Å². The van der Waals surface area contributed by atoms with Gasteiger partial charge >= 0.3 is 5.97 Å². The third-order valence-corrected chi connectivity index (χ3v) is 4.10. The largest absolute Gasteiger partial charge is 0.478 e. The minimum absolute atomic E-state index is 0.114. The van der Waals surface area contributed by atoms with Crippen LogP contribution in [0.2, 0.25) is 0 Å². The van der Waals surface area contributed by atoms with Crippen LogP contribution in [0.25, 0.3) is 0 Å². The summed E-state index contributed by atoms with van der Waals surface area (Å²) in [5.74, 6) is -0.332. The van der Waals surface area contributed by atoms with Crippen molar-refractivity contribution in [1.82, 2.24) is 0 Å². The highest BCUT2D eigenvalue weighted by Gasteiger charge is 2.24. The maximum atomic E-state index is 11.6. The van der Waals surface area contributed by atoms with Crippen LogP contribution in [0.15, 0.2) is 53.0 Å². The van der Waals surface area contributed by atoms with E-state index in [1.54, 1.807) is 0 Å². The van der Waals surface area contributed by atoms with Gasteiger partial charge in [0, 0.05) is 10.9 Å². The van der Waals surface area contributed by atoms with Crippen molar-refractivity contribution in [2.75, 3.05) is 0 Å². The summed E-state index contributed by atoms with van der Waals surface area (Å²) < 4.78 is 6.82. The topological polar surface area (TPSA) is 46.5 Å². The lowest BCUT2D eigenvalue weighted by atomic mass is 9.86. The number of benzene rings is 2. The molecule has 4 heteroatoms. The third-order valence-electron chi connectivity index (χ3n) is 3.57. The number of carboxylic acid groups (broad SMARTS) is 1. The monoisotopic (exact) mass is 376 g/mol. The standard InChI is InChI=1S/C19H21BrO3/c1-19(2,3)15-6-4-5-7-16(15)23-17(18(21)22)12-13-8-10-14(20)11-9-13/h4-11,17H,12H2,1-3H3,(H,21,22)/t17-/m1/s1. The predicted molar refractivity (Wildman–Crippen MR) is 95.0 cm³/mol. The average Bonchev–Trinajstić information content (AvgIpc) is 2.48. The second-order valence-electron chi connectivity index (χ2n) is 6.52. The van der Waals surface area contributed by atoms with E-state index in [0.717, 1.165) is 15.6 Å². The van der Waals surface area contributed by atoms with Crippen molar-refractivity contribution < 1.29 is 14.6 Å². The van der Waals surface area contributed by atoms with Crippen molar-refractivity contribution in [1.29, 1.82) is 0 Å². The highest BCUT2D eigenvalue weighted by Crippen LogP contribution is 2.32. The molecule has 122 valence electrons. The first-order valence-corrected chi connectivity index (χ1v) is 8.30. The van der Waals surface area contributed by atoms with Crippen LogP contribution >= 0.6 is 15.9 Å². The van der Waals surface area contributed by atoms with Gasteiger partial charge in [0.15, 0.2) is 6.10 Å². The second kappa shape index (κ2) is 7.18. The molecule has 0 spiro atoms. The van der Waals surface area contributed by atoms with Crippen LogP contribution in [0.4, 0.5) is 0 Å². The Morgan fingerprint density at radius 2 is 1.74 bits per heavy atom. The Hall–Kier alpha value is -1.81. The van der Waals surface area contributed by atoms with Gasteiger partial charge in [0.1, 0.15) is 5.75 Å². The molecule has 0 heterocycles. The summed E-state index contributed by atoms with van der Waals surface area (Å²) >= 11 is 3.38. The Labute approximate surface area is 145 Å². The van der Waals surface area contributed by atoms with Crippen LogP contribution in [0, 0.1) is 0 Å². The van der Waals surface area contributed by atoms with Crippen LogP contribution in [0.3, 0.4) is 0 Å². The minimum atomic E-state index is -0.961. The molecule has 0 saturated heterocycles. The van der Waals surface area contributed by atoms with E-state index in [1.807, 2.05) is 48.5 Å². The zero-order valence-corrected chi connectivity index (χ0v) is 15.1. The lowest BCUT2D eigenvalue weighted by molar-refractivity contribution is -0.145. The minimum Gasteiger partial charge on any atom is -0.478 e. The average molecular weight is 377 g/mol. The van der Waals surface area contributed by atoms with Crippen LogP contribution in [0.1, 0.15) is 31.9 Å². The van der Waals surface area contributed by atoms with Crippen molar-refractivity contribution in [2.45, 2.75) is 38.7 Å². The van der Waals surface area contributed by atoms with Crippen molar-refractivity contribution >= 4 is 21.9 Å². The van der Waals surface area contributed by atoms with E-state index < -0.39 is 12.1 Å². The van der Waals surface area contributed by atoms with Gasteiger partial charge in [-0.3, -0.25) is 0 Å². The molecule has 2 rings (SSSR count). The molecule has 0 aliphatic carbocycles. The van der Waals surface area contributed by atoms with E-state index >= 15 is 0 Å². The maximum Gasteiger partial charge on any atom is 0.345 e. The summed E-state index contributed by atoms with van der Waals surface area (Å²) in [6.07, 6.45) is -0.596. The molecule has 1 atom stereocenters. The van der Waals surface area contributed by atoms with Gasteiger partial charge in [0.05, 0.1) is 0 Å². The highest BCUT2D eigenvalue weighted by atomic mass is 79.9. The fourth-order valence-corrected chi connectivity index (χ4v) is 2.62. The van der Waals surface area contributed by atoms with E-state index in [0.29, 0.717) is 12.2 Å². The molecule has 3 nitrogen and oxygen atoms in total. The lowest BCUT2D eigenvalue weighted by Crippen LogP contribution is -2.30. The lowest BCUT2D eigenvalue weighted by Gasteiger charge is -2.24. The molecule has 0 radical (unpaired) electrons. The molecule has 0 aliphatic heterocycles. The Kier molecular flexibility index (Phi) is 5.47. The molecule has 0 amide bonds. The second-order valence-corrected chi connectivity index (χ2v) is 7.44. The summed E-state index contributed by atoms with van der Waals surface area (Å²) in [4.78, 5) is 11.6. The molecule has 0 aliphatic rings. The van der Waals surface area contributed by atoms with Crippen molar-refractivity contribution in [3.63, 3.8) is 0 Å². The van der Waals surface area contributed by atoms with E-state index in [4.69, 9.17) is 4.74 Å². The number of para-hydroxylation sites is 1. The molecule has 0 aromatic heterocycles. The maximum absolute atomic E-state index is 11.6. The molecule has 1 N–H and O–H groups in total. The van der Waals surface area contributed by atoms with Gasteiger partial charge in [0.25, 0.3) is 0 Å². The van der Waals surface area contributed by atoms with Crippen LogP contribution in [-0.2, 0) is 16.6 Å². The fourth-order valence-electron chi connectivity index (χ4n) is 2.36. The molecule has 0 unspecified atom stereocenters. The van der Waals surface area contributed by atoms with Gasteiger partial charge in [-0.15, -0.1) is 0 Å². The van der Waals surface area contributed by atoms with Crippen molar-refractivity contribution in [3.05, 3.63) is 64.1 Å². The number of carboxylic acids is 1. The number of halogens is 1. The smallest absolute Gasteiger partial charge is 0.345 e. The molecular weight excluding hydrogens is 356 g/mol. The molecule has 0 fully saturated rings. The van der Waals surface area contributed by atoms with Crippen LogP contribution in [0.5, 0.6) is 5.75 Å². The summed E-state index contributed by atoms with van der Waals surface area (Å²) in [5, 5.41) is 9.51. The first-order valence-electron chi connectivity index (χ1n) is 7.51. The zero-order chi connectivity index (χ0) is 17.0. The van der Waals surface area contributed by atoms with Gasteiger partial charge in [-0.1, -0.05) is 67.0 Å². The van der Waals surface area contributed by atoms with E-state index in [1.165, 1.54) is 0 Å². The zero-order valence-electron chi connectivity index (χ0n) is 13.5. The Morgan fingerprint density at radius 3 is 2.30 bits per heavy atom. The number of ether oxygens (including phenoxy) is 1. The number of hydrogen-bond donors (Lipinski definition) is 1. The Bertz CT molecular complexity index is 672. The van der Waals surface area contributed by atoms with Crippen molar-refractivity contribution in [2.24, 2.45) is 0 Å². The number of rotatable bonds is 5. The predicted octanol–water partition coefficient (Wildman–Crippen LogP) is 4.82. The number of aliphatic carboxylic acids is 1. The first-order chi connectivity index (χ1) is 10.8. The van der Waals surface area contributed by atoms with Gasteiger partial charge in [-0.05, 0) is 34.7 Å². The first kappa shape index (κ1) is 17.5. The highest BCUT2D eigenvalue weighted by molar-refractivity contribution is 9.10. The Morgan fingerprint density at radius 1 is 1.13 bits per heavy atom. The summed E-state index contributed by atoms with van der Waals surface area (Å²) in [6, 6.07) is 15.2. The summed E-state index contributed by atoms with van der Waals surface area (Å²) in [6.45, 7) is 6.25.